The van der Waals surface area contributed by atoms with E-state index in [-0.39, 0.29) is 0 Å². The standard InChI is InChI=1S/C15H14N2S/c1-9-7-10(2)14-13(8-9)18-15(17-14)11-3-5-12(16)6-4-11/h3-8H,16H2,1-2H3. The maximum atomic E-state index is 5.71. The number of anilines is 1. The number of benzene rings is 2. The molecule has 0 saturated carbocycles. The van der Waals surface area contributed by atoms with Gasteiger partial charge in [-0.25, -0.2) is 4.98 Å². The first-order chi connectivity index (χ1) is 8.63. The van der Waals surface area contributed by atoms with Crippen LogP contribution in [-0.2, 0) is 0 Å². The zero-order chi connectivity index (χ0) is 12.7. The van der Waals surface area contributed by atoms with Crippen molar-refractivity contribution in [2.75, 3.05) is 5.73 Å². The number of thiazole rings is 1. The minimum Gasteiger partial charge on any atom is -0.399 e. The molecular weight excluding hydrogens is 240 g/mol. The maximum Gasteiger partial charge on any atom is 0.124 e. The number of hydrogen-bond donors (Lipinski definition) is 1. The number of rotatable bonds is 1. The molecule has 1 heterocycles. The molecule has 2 nitrogen and oxygen atoms in total. The summed E-state index contributed by atoms with van der Waals surface area (Å²) in [7, 11) is 0. The molecule has 3 heteroatoms. The van der Waals surface area contributed by atoms with Gasteiger partial charge in [-0.05, 0) is 55.3 Å². The molecule has 0 spiro atoms. The molecule has 0 aliphatic rings. The topological polar surface area (TPSA) is 38.9 Å². The molecule has 3 aromatic rings. The van der Waals surface area contributed by atoms with E-state index in [1.807, 2.05) is 24.3 Å². The second kappa shape index (κ2) is 4.10. The van der Waals surface area contributed by atoms with Crippen molar-refractivity contribution < 1.29 is 0 Å². The number of hydrogen-bond acceptors (Lipinski definition) is 3. The summed E-state index contributed by atoms with van der Waals surface area (Å²) in [5.41, 5.74) is 11.3. The molecule has 0 aliphatic heterocycles. The molecule has 90 valence electrons. The quantitative estimate of drug-likeness (QED) is 0.662. The first-order valence-electron chi connectivity index (χ1n) is 5.87. The van der Waals surface area contributed by atoms with Gasteiger partial charge in [-0.1, -0.05) is 6.07 Å². The third-order valence-corrected chi connectivity index (χ3v) is 4.04. The van der Waals surface area contributed by atoms with E-state index in [1.54, 1.807) is 11.3 Å². The van der Waals surface area contributed by atoms with E-state index in [9.17, 15) is 0 Å². The minimum atomic E-state index is 0.784. The van der Waals surface area contributed by atoms with Gasteiger partial charge in [0.15, 0.2) is 0 Å². The highest BCUT2D eigenvalue weighted by molar-refractivity contribution is 7.21. The molecule has 2 N–H and O–H groups in total. The number of aryl methyl sites for hydroxylation is 2. The van der Waals surface area contributed by atoms with Crippen LogP contribution in [0.25, 0.3) is 20.8 Å². The lowest BCUT2D eigenvalue weighted by molar-refractivity contribution is 1.38. The van der Waals surface area contributed by atoms with Gasteiger partial charge in [0, 0.05) is 11.3 Å². The average Bonchev–Trinajstić information content (AvgIpc) is 2.74. The Balaban J connectivity index is 2.19. The molecule has 0 radical (unpaired) electrons. The molecule has 0 unspecified atom stereocenters. The summed E-state index contributed by atoms with van der Waals surface area (Å²) in [5, 5.41) is 1.05. The van der Waals surface area contributed by atoms with Crippen molar-refractivity contribution in [3.63, 3.8) is 0 Å². The maximum absolute atomic E-state index is 5.71. The van der Waals surface area contributed by atoms with Gasteiger partial charge >= 0.3 is 0 Å². The Morgan fingerprint density at radius 3 is 2.50 bits per heavy atom. The van der Waals surface area contributed by atoms with Crippen molar-refractivity contribution in [2.45, 2.75) is 13.8 Å². The summed E-state index contributed by atoms with van der Waals surface area (Å²) in [5.74, 6) is 0. The van der Waals surface area contributed by atoms with Crippen LogP contribution in [0, 0.1) is 13.8 Å². The van der Waals surface area contributed by atoms with Gasteiger partial charge in [-0.2, -0.15) is 0 Å². The number of nitrogen functional groups attached to an aromatic ring is 1. The normalized spacial score (nSPS) is 11.0. The molecule has 18 heavy (non-hydrogen) atoms. The highest BCUT2D eigenvalue weighted by Gasteiger charge is 2.08. The van der Waals surface area contributed by atoms with Crippen molar-refractivity contribution in [1.29, 1.82) is 0 Å². The number of nitrogens with two attached hydrogens (primary N) is 1. The van der Waals surface area contributed by atoms with Crippen molar-refractivity contribution in [3.8, 4) is 10.6 Å². The lowest BCUT2D eigenvalue weighted by atomic mass is 10.1. The van der Waals surface area contributed by atoms with E-state index in [0.717, 1.165) is 21.8 Å². The summed E-state index contributed by atoms with van der Waals surface area (Å²) >= 11 is 1.73. The lowest BCUT2D eigenvalue weighted by Gasteiger charge is -1.96. The van der Waals surface area contributed by atoms with Crippen molar-refractivity contribution >= 4 is 27.2 Å². The summed E-state index contributed by atoms with van der Waals surface area (Å²) in [4.78, 5) is 4.73. The van der Waals surface area contributed by atoms with Gasteiger partial charge < -0.3 is 5.73 Å². The fourth-order valence-corrected chi connectivity index (χ4v) is 3.27. The minimum absolute atomic E-state index is 0.784. The Kier molecular flexibility index (Phi) is 2.56. The molecule has 0 bridgehead atoms. The fourth-order valence-electron chi connectivity index (χ4n) is 2.12. The van der Waals surface area contributed by atoms with Crippen LogP contribution < -0.4 is 5.73 Å². The molecule has 0 atom stereocenters. The largest absolute Gasteiger partial charge is 0.399 e. The Labute approximate surface area is 110 Å². The van der Waals surface area contributed by atoms with E-state index >= 15 is 0 Å². The summed E-state index contributed by atoms with van der Waals surface area (Å²) in [6.45, 7) is 4.23. The molecule has 0 fully saturated rings. The monoisotopic (exact) mass is 254 g/mol. The van der Waals surface area contributed by atoms with Crippen LogP contribution >= 0.6 is 11.3 Å². The summed E-state index contributed by atoms with van der Waals surface area (Å²) < 4.78 is 1.25. The molecule has 3 rings (SSSR count). The van der Waals surface area contributed by atoms with E-state index in [1.165, 1.54) is 15.8 Å². The van der Waals surface area contributed by atoms with Gasteiger partial charge in [-0.15, -0.1) is 11.3 Å². The number of fused-ring (bicyclic) bond motifs is 1. The molecule has 1 aromatic heterocycles. The summed E-state index contributed by atoms with van der Waals surface area (Å²) in [6.07, 6.45) is 0. The van der Waals surface area contributed by atoms with E-state index < -0.39 is 0 Å². The van der Waals surface area contributed by atoms with Gasteiger partial charge in [0.05, 0.1) is 10.2 Å². The highest BCUT2D eigenvalue weighted by atomic mass is 32.1. The van der Waals surface area contributed by atoms with Crippen molar-refractivity contribution in [1.82, 2.24) is 4.98 Å². The van der Waals surface area contributed by atoms with Crippen molar-refractivity contribution in [2.24, 2.45) is 0 Å². The van der Waals surface area contributed by atoms with Crippen LogP contribution in [0.3, 0.4) is 0 Å². The Morgan fingerprint density at radius 2 is 1.78 bits per heavy atom. The van der Waals surface area contributed by atoms with Crippen LogP contribution in [0.4, 0.5) is 5.69 Å². The Bertz CT molecular complexity index is 711. The molecule has 2 aromatic carbocycles. The van der Waals surface area contributed by atoms with Crippen LogP contribution in [0.15, 0.2) is 36.4 Å². The van der Waals surface area contributed by atoms with Gasteiger partial charge in [0.2, 0.25) is 0 Å². The predicted molar refractivity (Wildman–Crippen MR) is 78.9 cm³/mol. The van der Waals surface area contributed by atoms with E-state index in [2.05, 4.69) is 26.0 Å². The fraction of sp³-hybridized carbons (Fsp3) is 0.133. The molecular formula is C15H14N2S. The number of aromatic nitrogens is 1. The average molecular weight is 254 g/mol. The smallest absolute Gasteiger partial charge is 0.124 e. The van der Waals surface area contributed by atoms with Gasteiger partial charge in [0.25, 0.3) is 0 Å². The Morgan fingerprint density at radius 1 is 1.06 bits per heavy atom. The number of nitrogens with zero attached hydrogens (tertiary/aromatic N) is 1. The van der Waals surface area contributed by atoms with E-state index in [4.69, 9.17) is 10.7 Å². The van der Waals surface area contributed by atoms with Crippen LogP contribution in [0.1, 0.15) is 11.1 Å². The van der Waals surface area contributed by atoms with E-state index in [0.29, 0.717) is 0 Å². The van der Waals surface area contributed by atoms with Crippen LogP contribution in [-0.4, -0.2) is 4.98 Å². The molecule has 0 aliphatic carbocycles. The first kappa shape index (κ1) is 11.2. The third kappa shape index (κ3) is 1.87. The SMILES string of the molecule is Cc1cc(C)c2nc(-c3ccc(N)cc3)sc2c1. The van der Waals surface area contributed by atoms with Gasteiger partial charge in [-0.3, -0.25) is 0 Å². The Hall–Kier alpha value is -1.87. The zero-order valence-corrected chi connectivity index (χ0v) is 11.2. The van der Waals surface area contributed by atoms with Crippen molar-refractivity contribution in [3.05, 3.63) is 47.5 Å². The van der Waals surface area contributed by atoms with Gasteiger partial charge in [0.1, 0.15) is 5.01 Å². The first-order valence-corrected chi connectivity index (χ1v) is 6.69. The molecule has 0 saturated heterocycles. The van der Waals surface area contributed by atoms with Crippen LogP contribution in [0.5, 0.6) is 0 Å². The second-order valence-electron chi connectivity index (χ2n) is 4.57. The zero-order valence-electron chi connectivity index (χ0n) is 10.4. The second-order valence-corrected chi connectivity index (χ2v) is 5.60. The van der Waals surface area contributed by atoms with Crippen LogP contribution in [0.2, 0.25) is 0 Å². The lowest BCUT2D eigenvalue weighted by Crippen LogP contribution is -1.83. The summed E-state index contributed by atoms with van der Waals surface area (Å²) in [6, 6.07) is 12.2. The highest BCUT2D eigenvalue weighted by Crippen LogP contribution is 2.32. The molecule has 0 amide bonds. The third-order valence-electron chi connectivity index (χ3n) is 2.99. The predicted octanol–water partition coefficient (Wildman–Crippen LogP) is 4.16.